The van der Waals surface area contributed by atoms with Crippen LogP contribution in [0.15, 0.2) is 54.7 Å². The van der Waals surface area contributed by atoms with Gasteiger partial charge in [0.05, 0.1) is 37.3 Å². The van der Waals surface area contributed by atoms with Crippen LogP contribution in [0.3, 0.4) is 0 Å². The number of pyridine rings is 2. The van der Waals surface area contributed by atoms with Gasteiger partial charge < -0.3 is 29.7 Å². The molecule has 4 rings (SSSR count). The summed E-state index contributed by atoms with van der Waals surface area (Å²) in [5, 5.41) is 8.13. The number of fused-ring (bicyclic) bond motifs is 1. The summed E-state index contributed by atoms with van der Waals surface area (Å²) < 4.78 is 31.2. The van der Waals surface area contributed by atoms with E-state index in [1.54, 1.807) is 20.3 Å². The van der Waals surface area contributed by atoms with E-state index in [0.717, 1.165) is 22.4 Å². The van der Waals surface area contributed by atoms with Crippen LogP contribution in [0.1, 0.15) is 5.56 Å². The molecule has 0 atom stereocenters. The number of nitrogens with zero attached hydrogens (tertiary/aromatic N) is 3. The monoisotopic (exact) mass is 539 g/mol. The Morgan fingerprint density at radius 1 is 1.03 bits per heavy atom. The van der Waals surface area contributed by atoms with E-state index in [-0.39, 0.29) is 5.88 Å². The van der Waals surface area contributed by atoms with Gasteiger partial charge in [-0.2, -0.15) is 0 Å². The molecule has 0 amide bonds. The molecule has 0 spiro atoms. The van der Waals surface area contributed by atoms with Crippen molar-refractivity contribution in [1.82, 2.24) is 14.9 Å². The number of anilines is 3. The maximum Gasteiger partial charge on any atom is 0.250 e. The van der Waals surface area contributed by atoms with E-state index < -0.39 is 5.82 Å². The van der Waals surface area contributed by atoms with Gasteiger partial charge >= 0.3 is 0 Å². The molecule has 0 saturated heterocycles. The highest BCUT2D eigenvalue weighted by Gasteiger charge is 2.14. The van der Waals surface area contributed by atoms with Crippen LogP contribution in [0.4, 0.5) is 21.6 Å². The van der Waals surface area contributed by atoms with Crippen LogP contribution in [0, 0.1) is 5.82 Å². The van der Waals surface area contributed by atoms with Gasteiger partial charge in [0.2, 0.25) is 0 Å². The Bertz CT molecular complexity index is 1400. The van der Waals surface area contributed by atoms with Crippen LogP contribution in [0.2, 0.25) is 5.02 Å². The Hall–Kier alpha value is -3.82. The minimum atomic E-state index is -0.551. The second-order valence-electron chi connectivity index (χ2n) is 8.84. The fraction of sp³-hybridized carbons (Fsp3) is 0.286. The van der Waals surface area contributed by atoms with Gasteiger partial charge in [-0.15, -0.1) is 0 Å². The van der Waals surface area contributed by atoms with Crippen LogP contribution < -0.4 is 24.8 Å². The van der Waals surface area contributed by atoms with Gasteiger partial charge in [-0.05, 0) is 38.2 Å². The fourth-order valence-corrected chi connectivity index (χ4v) is 4.08. The second kappa shape index (κ2) is 12.6. The number of likely N-dealkylation sites (N-methyl/N-ethyl adjacent to an activating group) is 1. The maximum atomic E-state index is 14.7. The summed E-state index contributed by atoms with van der Waals surface area (Å²) in [5.74, 6) is 1.16. The molecule has 0 unspecified atom stereocenters. The number of halogens is 2. The summed E-state index contributed by atoms with van der Waals surface area (Å²) in [6.07, 6.45) is 2.25. The molecule has 8 nitrogen and oxygen atoms in total. The summed E-state index contributed by atoms with van der Waals surface area (Å²) >= 11 is 6.30. The van der Waals surface area contributed by atoms with Crippen LogP contribution in [0.5, 0.6) is 17.4 Å². The lowest BCUT2D eigenvalue weighted by Gasteiger charge is -2.16. The van der Waals surface area contributed by atoms with E-state index in [4.69, 9.17) is 30.8 Å². The van der Waals surface area contributed by atoms with Gasteiger partial charge in [-0.1, -0.05) is 29.8 Å². The maximum absolute atomic E-state index is 14.7. The number of ether oxygens (including phenoxy) is 3. The van der Waals surface area contributed by atoms with Crippen molar-refractivity contribution in [3.63, 3.8) is 0 Å². The Morgan fingerprint density at radius 2 is 1.79 bits per heavy atom. The standard InChI is InChI=1S/C28H31ClFN5O3/c1-35(2)11-12-38-28-22(30)13-19(17-32-28)33-24-16-27(31-10-9-18-7-5-6-8-21(18)29)34-23-15-26(37-4)25(36-3)14-20(23)24/h5-8,13-17H,9-12H2,1-4H3,(H2,31,33,34). The summed E-state index contributed by atoms with van der Waals surface area (Å²) in [6.45, 7) is 1.61. The average Bonchev–Trinajstić information content (AvgIpc) is 2.90. The van der Waals surface area contributed by atoms with Crippen molar-refractivity contribution < 1.29 is 18.6 Å². The zero-order valence-corrected chi connectivity index (χ0v) is 22.6. The van der Waals surface area contributed by atoms with Crippen molar-refractivity contribution >= 4 is 39.7 Å². The lowest BCUT2D eigenvalue weighted by molar-refractivity contribution is 0.244. The summed E-state index contributed by atoms with van der Waals surface area (Å²) in [4.78, 5) is 10.9. The lowest BCUT2D eigenvalue weighted by atomic mass is 10.1. The number of rotatable bonds is 12. The van der Waals surface area contributed by atoms with Gasteiger partial charge in [-0.25, -0.2) is 14.4 Å². The number of methoxy groups -OCH3 is 2. The third kappa shape index (κ3) is 6.73. The minimum Gasteiger partial charge on any atom is -0.493 e. The fourth-order valence-electron chi connectivity index (χ4n) is 3.85. The zero-order chi connectivity index (χ0) is 27.1. The summed E-state index contributed by atoms with van der Waals surface area (Å²) in [5.41, 5.74) is 2.87. The molecule has 0 saturated carbocycles. The molecule has 0 radical (unpaired) electrons. The molecule has 2 heterocycles. The number of benzene rings is 2. The molecule has 200 valence electrons. The highest BCUT2D eigenvalue weighted by atomic mass is 35.5. The number of nitrogens with one attached hydrogen (secondary N) is 2. The minimum absolute atomic E-state index is 0.0367. The molecule has 2 aromatic carbocycles. The first-order valence-corrected chi connectivity index (χ1v) is 12.5. The van der Waals surface area contributed by atoms with Crippen LogP contribution in [0.25, 0.3) is 10.9 Å². The number of hydrogen-bond acceptors (Lipinski definition) is 8. The van der Waals surface area contributed by atoms with Gasteiger partial charge in [0.1, 0.15) is 12.4 Å². The second-order valence-corrected chi connectivity index (χ2v) is 9.24. The topological polar surface area (TPSA) is 80.8 Å². The highest BCUT2D eigenvalue weighted by Crippen LogP contribution is 2.37. The van der Waals surface area contributed by atoms with E-state index in [0.29, 0.717) is 53.9 Å². The van der Waals surface area contributed by atoms with Crippen molar-refractivity contribution in [1.29, 1.82) is 0 Å². The molecule has 0 aliphatic heterocycles. The molecular formula is C28H31ClFN5O3. The Morgan fingerprint density at radius 3 is 2.50 bits per heavy atom. The number of aromatic nitrogens is 2. The number of hydrogen-bond donors (Lipinski definition) is 2. The Labute approximate surface area is 226 Å². The largest absolute Gasteiger partial charge is 0.493 e. The van der Waals surface area contributed by atoms with E-state index >= 15 is 0 Å². The normalized spacial score (nSPS) is 11.0. The van der Waals surface area contributed by atoms with E-state index in [1.807, 2.05) is 55.4 Å². The predicted molar refractivity (Wildman–Crippen MR) is 150 cm³/mol. The molecule has 0 aliphatic carbocycles. The SMILES string of the molecule is COc1cc2nc(NCCc3ccccc3Cl)cc(Nc3cnc(OCCN(C)C)c(F)c3)c2cc1OC. The van der Waals surface area contributed by atoms with Gasteiger partial charge in [-0.3, -0.25) is 0 Å². The molecule has 2 aromatic heterocycles. The molecule has 4 aromatic rings. The first-order chi connectivity index (χ1) is 18.4. The van der Waals surface area contributed by atoms with Crippen molar-refractivity contribution in [2.24, 2.45) is 0 Å². The molecule has 38 heavy (non-hydrogen) atoms. The molecular weight excluding hydrogens is 509 g/mol. The van der Waals surface area contributed by atoms with Crippen molar-refractivity contribution in [3.8, 4) is 17.4 Å². The van der Waals surface area contributed by atoms with Crippen LogP contribution in [-0.2, 0) is 6.42 Å². The molecule has 0 fully saturated rings. The highest BCUT2D eigenvalue weighted by molar-refractivity contribution is 6.31. The van der Waals surface area contributed by atoms with Crippen LogP contribution >= 0.6 is 11.6 Å². The Kier molecular flexibility index (Phi) is 9.04. The summed E-state index contributed by atoms with van der Waals surface area (Å²) in [6, 6.07) is 14.6. The third-order valence-electron chi connectivity index (χ3n) is 5.84. The van der Waals surface area contributed by atoms with Gasteiger partial charge in [0.15, 0.2) is 17.3 Å². The van der Waals surface area contributed by atoms with Crippen LogP contribution in [-0.4, -0.2) is 62.9 Å². The smallest absolute Gasteiger partial charge is 0.250 e. The zero-order valence-electron chi connectivity index (χ0n) is 21.8. The van der Waals surface area contributed by atoms with Crippen molar-refractivity contribution in [2.45, 2.75) is 6.42 Å². The van der Waals surface area contributed by atoms with E-state index in [2.05, 4.69) is 15.6 Å². The predicted octanol–water partition coefficient (Wildman–Crippen LogP) is 5.78. The van der Waals surface area contributed by atoms with Gasteiger partial charge in [0.25, 0.3) is 5.88 Å². The average molecular weight is 540 g/mol. The lowest BCUT2D eigenvalue weighted by Crippen LogP contribution is -2.20. The third-order valence-corrected chi connectivity index (χ3v) is 6.20. The quantitative estimate of drug-likeness (QED) is 0.234. The summed E-state index contributed by atoms with van der Waals surface area (Å²) in [7, 11) is 6.99. The molecule has 10 heteroatoms. The molecule has 2 N–H and O–H groups in total. The van der Waals surface area contributed by atoms with Crippen molar-refractivity contribution in [3.05, 3.63) is 71.1 Å². The molecule has 0 aliphatic rings. The Balaban J connectivity index is 1.61. The first kappa shape index (κ1) is 27.2. The first-order valence-electron chi connectivity index (χ1n) is 12.1. The van der Waals surface area contributed by atoms with Crippen molar-refractivity contribution in [2.75, 3.05) is 58.6 Å². The van der Waals surface area contributed by atoms with E-state index in [1.165, 1.54) is 12.3 Å². The molecule has 0 bridgehead atoms. The van der Waals surface area contributed by atoms with E-state index in [9.17, 15) is 4.39 Å². The van der Waals surface area contributed by atoms with Gasteiger partial charge in [0, 0.05) is 41.7 Å².